The first-order valence-electron chi connectivity index (χ1n) is 8.91. The fraction of sp³-hybridized carbons (Fsp3) is 0.750. The Kier molecular flexibility index (Phi) is 5.17. The lowest BCUT2D eigenvalue weighted by atomic mass is 9.81. The summed E-state index contributed by atoms with van der Waals surface area (Å²) in [5.74, 6) is 0. The van der Waals surface area contributed by atoms with Crippen LogP contribution in [0.1, 0.15) is 34.1 Å². The quantitative estimate of drug-likeness (QED) is 0.541. The number of nitrogens with zero attached hydrogens (tertiary/aromatic N) is 3. The zero-order chi connectivity index (χ0) is 19.2. The molecule has 1 unspecified atom stereocenters. The van der Waals surface area contributed by atoms with Gasteiger partial charge in [-0.05, 0) is 40.7 Å². The van der Waals surface area contributed by atoms with Crippen LogP contribution in [0.4, 0.5) is 0 Å². The van der Waals surface area contributed by atoms with E-state index in [1.54, 1.807) is 0 Å². The van der Waals surface area contributed by atoms with Gasteiger partial charge in [-0.2, -0.15) is 0 Å². The van der Waals surface area contributed by atoms with E-state index in [1.807, 2.05) is 27.7 Å². The topological polar surface area (TPSA) is 108 Å². The highest BCUT2D eigenvalue weighted by atomic mass is 32.2. The molecule has 2 aliphatic heterocycles. The van der Waals surface area contributed by atoms with Gasteiger partial charge in [-0.3, -0.25) is 0 Å². The van der Waals surface area contributed by atoms with Crippen LogP contribution in [-0.4, -0.2) is 73.0 Å². The third-order valence-electron chi connectivity index (χ3n) is 5.54. The van der Waals surface area contributed by atoms with E-state index in [4.69, 9.17) is 15.0 Å². The van der Waals surface area contributed by atoms with Crippen LogP contribution in [0.5, 0.6) is 0 Å². The highest BCUT2D eigenvalue weighted by Crippen LogP contribution is 2.36. The molecule has 2 N–H and O–H groups in total. The Morgan fingerprint density at radius 1 is 1.23 bits per heavy atom. The summed E-state index contributed by atoms with van der Waals surface area (Å²) in [5.41, 5.74) is 5.21. The molecule has 2 saturated heterocycles. The molecule has 144 valence electrons. The lowest BCUT2D eigenvalue weighted by Gasteiger charge is -2.32. The van der Waals surface area contributed by atoms with Gasteiger partial charge >= 0.3 is 7.12 Å². The highest BCUT2D eigenvalue weighted by molar-refractivity contribution is 7.91. The van der Waals surface area contributed by atoms with Crippen LogP contribution in [0.2, 0.25) is 0 Å². The molecule has 0 saturated carbocycles. The van der Waals surface area contributed by atoms with Gasteiger partial charge in [0.2, 0.25) is 15.0 Å². The van der Waals surface area contributed by atoms with Crippen LogP contribution in [0.15, 0.2) is 17.6 Å². The molecule has 2 aliphatic rings. The molecule has 0 bridgehead atoms. The third-order valence-corrected chi connectivity index (χ3v) is 7.52. The number of sulfone groups is 1. The maximum atomic E-state index is 12.8. The van der Waals surface area contributed by atoms with Crippen molar-refractivity contribution in [3.8, 4) is 0 Å². The molecule has 10 heteroatoms. The molecule has 1 aromatic heterocycles. The van der Waals surface area contributed by atoms with E-state index in [0.29, 0.717) is 31.5 Å². The average molecular weight is 382 g/mol. The SMILES string of the molecule is CC1(C)OB(c2cnc(S(=O)(=O)C3CCN(CCN)C3)nc2)OC1(C)C. The van der Waals surface area contributed by atoms with Gasteiger partial charge in [0.1, 0.15) is 0 Å². The minimum absolute atomic E-state index is 0.141. The van der Waals surface area contributed by atoms with E-state index >= 15 is 0 Å². The van der Waals surface area contributed by atoms with E-state index in [0.717, 1.165) is 6.54 Å². The van der Waals surface area contributed by atoms with Gasteiger partial charge in [0, 0.05) is 37.5 Å². The van der Waals surface area contributed by atoms with Crippen molar-refractivity contribution in [1.82, 2.24) is 14.9 Å². The van der Waals surface area contributed by atoms with E-state index < -0.39 is 33.4 Å². The molecule has 3 heterocycles. The summed E-state index contributed by atoms with van der Waals surface area (Å²) < 4.78 is 37.4. The number of rotatable bonds is 5. The number of nitrogens with two attached hydrogens (primary N) is 1. The van der Waals surface area contributed by atoms with E-state index in [-0.39, 0.29) is 5.16 Å². The molecular formula is C16H27BN4O4S. The first-order chi connectivity index (χ1) is 12.1. The lowest BCUT2D eigenvalue weighted by Crippen LogP contribution is -2.41. The molecule has 3 rings (SSSR count). The Balaban J connectivity index is 1.74. The average Bonchev–Trinajstić information content (AvgIpc) is 3.11. The Morgan fingerprint density at radius 3 is 2.35 bits per heavy atom. The van der Waals surface area contributed by atoms with Crippen molar-refractivity contribution in [3.63, 3.8) is 0 Å². The van der Waals surface area contributed by atoms with Crippen LogP contribution in [-0.2, 0) is 19.1 Å². The van der Waals surface area contributed by atoms with Crippen molar-refractivity contribution >= 4 is 22.4 Å². The lowest BCUT2D eigenvalue weighted by molar-refractivity contribution is 0.00578. The Hall–Kier alpha value is -1.07. The van der Waals surface area contributed by atoms with E-state index in [1.165, 1.54) is 12.4 Å². The summed E-state index contributed by atoms with van der Waals surface area (Å²) in [4.78, 5) is 10.3. The number of aromatic nitrogens is 2. The first kappa shape index (κ1) is 19.7. The standard InChI is InChI=1S/C16H27BN4O4S/c1-15(2)16(3,4)25-17(24-15)12-9-19-14(20-10-12)26(22,23)13-5-7-21(11-13)8-6-18/h9-10,13H,5-8,11,18H2,1-4H3. The maximum absolute atomic E-state index is 12.8. The van der Waals surface area contributed by atoms with Crippen molar-refractivity contribution in [1.29, 1.82) is 0 Å². The molecule has 0 aliphatic carbocycles. The minimum Gasteiger partial charge on any atom is -0.399 e. The first-order valence-corrected chi connectivity index (χ1v) is 10.5. The molecule has 0 radical (unpaired) electrons. The smallest absolute Gasteiger partial charge is 0.399 e. The summed E-state index contributed by atoms with van der Waals surface area (Å²) in [7, 11) is -4.17. The zero-order valence-electron chi connectivity index (χ0n) is 15.8. The van der Waals surface area contributed by atoms with Gasteiger partial charge in [-0.25, -0.2) is 18.4 Å². The van der Waals surface area contributed by atoms with Crippen molar-refractivity contribution in [2.75, 3.05) is 26.2 Å². The number of hydrogen-bond donors (Lipinski definition) is 1. The fourth-order valence-electron chi connectivity index (χ4n) is 3.16. The van der Waals surface area contributed by atoms with Gasteiger partial charge in [-0.1, -0.05) is 0 Å². The van der Waals surface area contributed by atoms with Gasteiger partial charge in [0.05, 0.1) is 16.5 Å². The minimum atomic E-state index is -3.56. The van der Waals surface area contributed by atoms with Crippen molar-refractivity contribution in [2.24, 2.45) is 5.73 Å². The molecule has 0 aromatic carbocycles. The molecule has 1 aromatic rings. The molecule has 0 amide bonds. The monoisotopic (exact) mass is 382 g/mol. The summed E-state index contributed by atoms with van der Waals surface area (Å²) in [6.07, 6.45) is 3.54. The van der Waals surface area contributed by atoms with Crippen LogP contribution < -0.4 is 11.2 Å². The van der Waals surface area contributed by atoms with E-state index in [9.17, 15) is 8.42 Å². The maximum Gasteiger partial charge on any atom is 0.498 e. The molecular weight excluding hydrogens is 355 g/mol. The van der Waals surface area contributed by atoms with Crippen molar-refractivity contribution < 1.29 is 17.7 Å². The second-order valence-electron chi connectivity index (χ2n) is 7.93. The molecule has 8 nitrogen and oxygen atoms in total. The molecule has 0 spiro atoms. The van der Waals surface area contributed by atoms with Crippen LogP contribution in [0, 0.1) is 0 Å². The fourth-order valence-corrected chi connectivity index (χ4v) is 4.68. The van der Waals surface area contributed by atoms with Crippen molar-refractivity contribution in [3.05, 3.63) is 12.4 Å². The zero-order valence-corrected chi connectivity index (χ0v) is 16.6. The van der Waals surface area contributed by atoms with E-state index in [2.05, 4.69) is 14.9 Å². The Morgan fingerprint density at radius 2 is 1.81 bits per heavy atom. The molecule has 1 atom stereocenters. The normalized spacial score (nSPS) is 25.7. The Bertz CT molecular complexity index is 738. The second-order valence-corrected chi connectivity index (χ2v) is 10.1. The van der Waals surface area contributed by atoms with Crippen LogP contribution in [0.3, 0.4) is 0 Å². The summed E-state index contributed by atoms with van der Waals surface area (Å²) in [6.45, 7) is 10.3. The second kappa shape index (κ2) is 6.83. The molecule has 2 fully saturated rings. The van der Waals surface area contributed by atoms with Crippen LogP contribution >= 0.6 is 0 Å². The van der Waals surface area contributed by atoms with Gasteiger partial charge in [0.25, 0.3) is 0 Å². The summed E-state index contributed by atoms with van der Waals surface area (Å²) in [6, 6.07) is 0. The predicted octanol–water partition coefficient (Wildman–Crippen LogP) is -0.417. The summed E-state index contributed by atoms with van der Waals surface area (Å²) in [5, 5.41) is -0.630. The van der Waals surface area contributed by atoms with Crippen molar-refractivity contribution in [2.45, 2.75) is 55.7 Å². The predicted molar refractivity (Wildman–Crippen MR) is 98.8 cm³/mol. The van der Waals surface area contributed by atoms with Gasteiger partial charge in [0.15, 0.2) is 0 Å². The van der Waals surface area contributed by atoms with Gasteiger partial charge in [-0.15, -0.1) is 0 Å². The van der Waals surface area contributed by atoms with Crippen LogP contribution in [0.25, 0.3) is 0 Å². The Labute approximate surface area is 155 Å². The third kappa shape index (κ3) is 3.53. The van der Waals surface area contributed by atoms with Gasteiger partial charge < -0.3 is 19.9 Å². The summed E-state index contributed by atoms with van der Waals surface area (Å²) >= 11 is 0. The number of hydrogen-bond acceptors (Lipinski definition) is 8. The highest BCUT2D eigenvalue weighted by Gasteiger charge is 2.52. The number of likely N-dealkylation sites (tertiary alicyclic amines) is 1. The largest absolute Gasteiger partial charge is 0.498 e. The molecule has 26 heavy (non-hydrogen) atoms.